The highest BCUT2D eigenvalue weighted by Gasteiger charge is 2.28. The maximum atomic E-state index is 12.0. The topological polar surface area (TPSA) is 67.2 Å². The number of nitrogens with zero attached hydrogens (tertiary/aromatic N) is 1. The second kappa shape index (κ2) is 5.63. The van der Waals surface area contributed by atoms with Crippen LogP contribution in [-0.2, 0) is 4.79 Å². The van der Waals surface area contributed by atoms with Crippen LogP contribution in [0, 0.1) is 6.92 Å². The average Bonchev–Trinajstić information content (AvgIpc) is 2.74. The standard InChI is InChI=1S/C13H14F3N3O2/c1-7(12(20)17-6-13(14,15)16)18-9-3-4-11-10(5-9)19-8(2)21-11/h3-5,7,18H,6H2,1-2H3,(H,17,20)/t7-/m0/s1. The number of nitrogens with one attached hydrogen (secondary N) is 2. The van der Waals surface area contributed by atoms with Crippen LogP contribution in [0.4, 0.5) is 18.9 Å². The number of anilines is 1. The minimum atomic E-state index is -4.42. The predicted molar refractivity (Wildman–Crippen MR) is 70.9 cm³/mol. The highest BCUT2D eigenvalue weighted by atomic mass is 19.4. The second-order valence-electron chi connectivity index (χ2n) is 4.61. The Kier molecular flexibility index (Phi) is 4.06. The Labute approximate surface area is 118 Å². The smallest absolute Gasteiger partial charge is 0.405 e. The Balaban J connectivity index is 2.00. The van der Waals surface area contributed by atoms with E-state index < -0.39 is 24.7 Å². The van der Waals surface area contributed by atoms with Crippen LogP contribution in [0.5, 0.6) is 0 Å². The summed E-state index contributed by atoms with van der Waals surface area (Å²) in [5, 5.41) is 4.64. The van der Waals surface area contributed by atoms with Gasteiger partial charge in [0.1, 0.15) is 18.1 Å². The normalized spacial score (nSPS) is 13.2. The zero-order valence-corrected chi connectivity index (χ0v) is 11.4. The number of hydrogen-bond donors (Lipinski definition) is 2. The van der Waals surface area contributed by atoms with E-state index in [4.69, 9.17) is 4.42 Å². The zero-order chi connectivity index (χ0) is 15.6. The lowest BCUT2D eigenvalue weighted by Gasteiger charge is -2.16. The number of aryl methyl sites for hydroxylation is 1. The number of carbonyl (C=O) groups excluding carboxylic acids is 1. The van der Waals surface area contributed by atoms with Gasteiger partial charge in [0.2, 0.25) is 5.91 Å². The number of rotatable bonds is 4. The first-order valence-corrected chi connectivity index (χ1v) is 6.23. The van der Waals surface area contributed by atoms with Crippen molar-refractivity contribution in [3.8, 4) is 0 Å². The van der Waals surface area contributed by atoms with Crippen LogP contribution in [0.15, 0.2) is 22.6 Å². The summed E-state index contributed by atoms with van der Waals surface area (Å²) in [5.74, 6) is -0.220. The maximum absolute atomic E-state index is 12.0. The fourth-order valence-corrected chi connectivity index (χ4v) is 1.79. The van der Waals surface area contributed by atoms with Crippen molar-refractivity contribution in [3.63, 3.8) is 0 Å². The second-order valence-corrected chi connectivity index (χ2v) is 4.61. The van der Waals surface area contributed by atoms with E-state index in [0.29, 0.717) is 22.7 Å². The molecule has 0 saturated heterocycles. The number of carbonyl (C=O) groups is 1. The van der Waals surface area contributed by atoms with Crippen LogP contribution in [0.2, 0.25) is 0 Å². The molecule has 0 spiro atoms. The first kappa shape index (κ1) is 15.1. The summed E-state index contributed by atoms with van der Waals surface area (Å²) in [7, 11) is 0. The summed E-state index contributed by atoms with van der Waals surface area (Å²) in [6.07, 6.45) is -4.42. The van der Waals surface area contributed by atoms with Gasteiger partial charge in [-0.3, -0.25) is 4.79 Å². The molecule has 8 heteroatoms. The molecule has 0 aliphatic rings. The van der Waals surface area contributed by atoms with E-state index in [0.717, 1.165) is 0 Å². The molecule has 1 atom stereocenters. The van der Waals surface area contributed by atoms with E-state index in [1.54, 1.807) is 25.1 Å². The quantitative estimate of drug-likeness (QED) is 0.911. The van der Waals surface area contributed by atoms with Crippen molar-refractivity contribution in [1.29, 1.82) is 0 Å². The number of oxazole rings is 1. The van der Waals surface area contributed by atoms with Gasteiger partial charge in [-0.2, -0.15) is 13.2 Å². The molecule has 2 aromatic rings. The van der Waals surface area contributed by atoms with Crippen molar-refractivity contribution >= 4 is 22.7 Å². The number of benzene rings is 1. The molecule has 1 aromatic carbocycles. The fraction of sp³-hybridized carbons (Fsp3) is 0.385. The van der Waals surface area contributed by atoms with Gasteiger partial charge in [0.25, 0.3) is 0 Å². The predicted octanol–water partition coefficient (Wildman–Crippen LogP) is 2.62. The molecule has 1 aromatic heterocycles. The highest BCUT2D eigenvalue weighted by Crippen LogP contribution is 2.20. The minimum absolute atomic E-state index is 0.512. The van der Waals surface area contributed by atoms with Crippen LogP contribution in [0.25, 0.3) is 11.1 Å². The van der Waals surface area contributed by atoms with Crippen molar-refractivity contribution in [2.45, 2.75) is 26.1 Å². The number of amides is 1. The van der Waals surface area contributed by atoms with Crippen molar-refractivity contribution in [2.75, 3.05) is 11.9 Å². The number of aromatic nitrogens is 1. The summed E-state index contributed by atoms with van der Waals surface area (Å²) in [4.78, 5) is 15.7. The van der Waals surface area contributed by atoms with Crippen LogP contribution < -0.4 is 10.6 Å². The van der Waals surface area contributed by atoms with Gasteiger partial charge in [0.05, 0.1) is 0 Å². The van der Waals surface area contributed by atoms with Crippen LogP contribution in [0.3, 0.4) is 0 Å². The molecule has 114 valence electrons. The molecule has 1 heterocycles. The van der Waals surface area contributed by atoms with Crippen molar-refractivity contribution in [1.82, 2.24) is 10.3 Å². The molecular formula is C13H14F3N3O2. The van der Waals surface area contributed by atoms with Gasteiger partial charge < -0.3 is 15.1 Å². The minimum Gasteiger partial charge on any atom is -0.441 e. The monoisotopic (exact) mass is 301 g/mol. The fourth-order valence-electron chi connectivity index (χ4n) is 1.79. The Morgan fingerprint density at radius 1 is 1.43 bits per heavy atom. The maximum Gasteiger partial charge on any atom is 0.405 e. The van der Waals surface area contributed by atoms with Gasteiger partial charge in [-0.1, -0.05) is 0 Å². The molecular weight excluding hydrogens is 287 g/mol. The molecule has 0 bridgehead atoms. The molecule has 0 unspecified atom stereocenters. The molecule has 5 nitrogen and oxygen atoms in total. The van der Waals surface area contributed by atoms with Crippen molar-refractivity contribution in [3.05, 3.63) is 24.1 Å². The lowest BCUT2D eigenvalue weighted by molar-refractivity contribution is -0.138. The lowest BCUT2D eigenvalue weighted by Crippen LogP contribution is -2.42. The van der Waals surface area contributed by atoms with Crippen molar-refractivity contribution in [2.24, 2.45) is 0 Å². The van der Waals surface area contributed by atoms with Crippen LogP contribution >= 0.6 is 0 Å². The summed E-state index contributed by atoms with van der Waals surface area (Å²) in [5.41, 5.74) is 1.79. The highest BCUT2D eigenvalue weighted by molar-refractivity contribution is 5.85. The summed E-state index contributed by atoms with van der Waals surface area (Å²) in [6, 6.07) is 4.20. The van der Waals surface area contributed by atoms with Gasteiger partial charge in [-0.05, 0) is 25.1 Å². The van der Waals surface area contributed by atoms with Gasteiger partial charge in [0, 0.05) is 12.6 Å². The van der Waals surface area contributed by atoms with Gasteiger partial charge in [0.15, 0.2) is 11.5 Å². The molecule has 0 aliphatic carbocycles. The first-order chi connectivity index (χ1) is 9.74. The van der Waals surface area contributed by atoms with Crippen LogP contribution in [0.1, 0.15) is 12.8 Å². The van der Waals surface area contributed by atoms with E-state index in [2.05, 4.69) is 10.3 Å². The molecule has 1 amide bonds. The molecule has 2 rings (SSSR count). The molecule has 21 heavy (non-hydrogen) atoms. The Bertz CT molecular complexity index is 652. The van der Waals surface area contributed by atoms with E-state index >= 15 is 0 Å². The van der Waals surface area contributed by atoms with Gasteiger partial charge in [-0.25, -0.2) is 4.98 Å². The number of alkyl halides is 3. The molecule has 0 fully saturated rings. The molecule has 0 radical (unpaired) electrons. The summed E-state index contributed by atoms with van der Waals surface area (Å²) >= 11 is 0. The van der Waals surface area contributed by atoms with E-state index in [1.807, 2.05) is 5.32 Å². The van der Waals surface area contributed by atoms with Crippen LogP contribution in [-0.4, -0.2) is 29.7 Å². The van der Waals surface area contributed by atoms with Crippen molar-refractivity contribution < 1.29 is 22.4 Å². The third kappa shape index (κ3) is 4.11. The molecule has 0 aliphatic heterocycles. The summed E-state index contributed by atoms with van der Waals surface area (Å²) in [6.45, 7) is 1.84. The zero-order valence-electron chi connectivity index (χ0n) is 11.4. The number of fused-ring (bicyclic) bond motifs is 1. The molecule has 0 saturated carbocycles. The SMILES string of the molecule is Cc1nc2cc(N[C@@H](C)C(=O)NCC(F)(F)F)ccc2o1. The Morgan fingerprint density at radius 2 is 2.14 bits per heavy atom. The third-order valence-electron chi connectivity index (χ3n) is 2.73. The van der Waals surface area contributed by atoms with E-state index in [1.165, 1.54) is 6.92 Å². The molecule has 2 N–H and O–H groups in total. The first-order valence-electron chi connectivity index (χ1n) is 6.23. The van der Waals surface area contributed by atoms with E-state index in [9.17, 15) is 18.0 Å². The lowest BCUT2D eigenvalue weighted by atomic mass is 10.2. The average molecular weight is 301 g/mol. The Morgan fingerprint density at radius 3 is 2.81 bits per heavy atom. The number of halogens is 3. The van der Waals surface area contributed by atoms with Gasteiger partial charge >= 0.3 is 6.18 Å². The largest absolute Gasteiger partial charge is 0.441 e. The number of hydrogen-bond acceptors (Lipinski definition) is 4. The third-order valence-corrected chi connectivity index (χ3v) is 2.73. The van der Waals surface area contributed by atoms with E-state index in [-0.39, 0.29) is 0 Å². The van der Waals surface area contributed by atoms with Gasteiger partial charge in [-0.15, -0.1) is 0 Å². The summed E-state index contributed by atoms with van der Waals surface area (Å²) < 4.78 is 41.4. The Hall–Kier alpha value is -2.25.